The number of aliphatic imine (C=N–C) groups is 3. The molecule has 0 radical (unpaired) electrons. The molecule has 3 heterocycles. The zero-order chi connectivity index (χ0) is 26.7. The number of anilines is 2. The minimum atomic E-state index is -0.343. The van der Waals surface area contributed by atoms with Crippen molar-refractivity contribution in [2.24, 2.45) is 20.7 Å². The van der Waals surface area contributed by atoms with Gasteiger partial charge in [0, 0.05) is 35.5 Å². The van der Waals surface area contributed by atoms with Gasteiger partial charge in [-0.1, -0.05) is 33.4 Å². The Morgan fingerprint density at radius 3 is 2.76 bits per heavy atom. The number of aryl methyl sites for hydroxylation is 1. The molecule has 194 valence electrons. The van der Waals surface area contributed by atoms with E-state index in [2.05, 4.69) is 37.3 Å². The number of hydrogen-bond donors (Lipinski definition) is 4. The molecule has 1 saturated heterocycles. The maximum atomic E-state index is 13.3. The molecule has 1 fully saturated rings. The third-order valence-corrected chi connectivity index (χ3v) is 5.97. The lowest BCUT2D eigenvalue weighted by Crippen LogP contribution is -2.36. The summed E-state index contributed by atoms with van der Waals surface area (Å²) in [6.07, 6.45) is 3.85. The molecule has 0 bridgehead atoms. The normalized spacial score (nSPS) is 20.1. The van der Waals surface area contributed by atoms with Crippen LogP contribution < -0.4 is 22.1 Å². The van der Waals surface area contributed by atoms with Crippen LogP contribution in [-0.4, -0.2) is 52.8 Å². The summed E-state index contributed by atoms with van der Waals surface area (Å²) in [5.74, 6) is 0.600. The summed E-state index contributed by atoms with van der Waals surface area (Å²) in [6.45, 7) is 12.9. The summed E-state index contributed by atoms with van der Waals surface area (Å²) >= 11 is 0. The van der Waals surface area contributed by atoms with Crippen molar-refractivity contribution < 1.29 is 9.53 Å². The fourth-order valence-electron chi connectivity index (χ4n) is 3.81. The highest BCUT2D eigenvalue weighted by Crippen LogP contribution is 2.25. The zero-order valence-corrected chi connectivity index (χ0v) is 21.6. The number of nitrogens with one attached hydrogen (secondary N) is 2. The van der Waals surface area contributed by atoms with Crippen LogP contribution in [-0.2, 0) is 10.2 Å². The maximum absolute atomic E-state index is 13.3. The van der Waals surface area contributed by atoms with Gasteiger partial charge in [0.05, 0.1) is 24.6 Å². The molecule has 1 unspecified atom stereocenters. The van der Waals surface area contributed by atoms with Gasteiger partial charge in [0.2, 0.25) is 5.96 Å². The average molecular weight is 504 g/mol. The maximum Gasteiger partial charge on any atom is 0.280 e. The first kappa shape index (κ1) is 25.8. The van der Waals surface area contributed by atoms with Crippen LogP contribution in [0, 0.1) is 6.92 Å². The van der Waals surface area contributed by atoms with Crippen molar-refractivity contribution in [1.82, 2.24) is 15.1 Å². The van der Waals surface area contributed by atoms with E-state index in [1.165, 1.54) is 10.9 Å². The second-order valence-electron chi connectivity index (χ2n) is 9.93. The molecule has 0 aliphatic carbocycles. The number of nitrogens with two attached hydrogens (primary N) is 2. The second-order valence-corrected chi connectivity index (χ2v) is 9.93. The van der Waals surface area contributed by atoms with Crippen molar-refractivity contribution >= 4 is 35.3 Å². The topological polar surface area (TPSA) is 157 Å². The van der Waals surface area contributed by atoms with Gasteiger partial charge in [0.15, 0.2) is 0 Å². The van der Waals surface area contributed by atoms with Crippen molar-refractivity contribution in [3.63, 3.8) is 0 Å². The number of carbonyl (C=O) groups is 1. The highest BCUT2D eigenvalue weighted by molar-refractivity contribution is 6.41. The van der Waals surface area contributed by atoms with E-state index in [1.54, 1.807) is 24.4 Å². The monoisotopic (exact) mass is 503 g/mol. The van der Waals surface area contributed by atoms with Crippen LogP contribution in [0.4, 0.5) is 11.5 Å². The molecular formula is C26H33N9O2. The van der Waals surface area contributed by atoms with Crippen LogP contribution in [0.3, 0.4) is 0 Å². The highest BCUT2D eigenvalue weighted by atomic mass is 16.5. The molecule has 2 aromatic rings. The lowest BCUT2D eigenvalue weighted by molar-refractivity contribution is 0.0947. The van der Waals surface area contributed by atoms with Crippen molar-refractivity contribution in [1.29, 1.82) is 0 Å². The number of aromatic nitrogens is 2. The molecule has 6 N–H and O–H groups in total. The average Bonchev–Trinajstić information content (AvgIpc) is 3.50. The molecule has 1 atom stereocenters. The third-order valence-electron chi connectivity index (χ3n) is 5.97. The van der Waals surface area contributed by atoms with E-state index in [0.29, 0.717) is 41.8 Å². The van der Waals surface area contributed by atoms with E-state index in [9.17, 15) is 4.79 Å². The lowest BCUT2D eigenvalue weighted by atomic mass is 9.92. The predicted octanol–water partition coefficient (Wildman–Crippen LogP) is 2.70. The molecular weight excluding hydrogens is 470 g/mol. The minimum absolute atomic E-state index is 0.127. The fraction of sp³-hybridized carbons (Fsp3) is 0.346. The number of ether oxygens (including phenoxy) is 1. The molecule has 0 amide bonds. The molecule has 0 spiro atoms. The van der Waals surface area contributed by atoms with Crippen LogP contribution in [0.2, 0.25) is 0 Å². The SMILES string of the molecule is C=C/N=C1/C=NC(NC2CCOC2)=N/C1=C(/N)Nc1cc(C(=O)n2nc(C(C)(C)C)cc2N)ccc1C. The van der Waals surface area contributed by atoms with Crippen LogP contribution in [0.15, 0.2) is 63.5 Å². The summed E-state index contributed by atoms with van der Waals surface area (Å²) in [5.41, 5.74) is 15.8. The first-order valence-electron chi connectivity index (χ1n) is 12.0. The predicted molar refractivity (Wildman–Crippen MR) is 147 cm³/mol. The summed E-state index contributed by atoms with van der Waals surface area (Å²) in [6, 6.07) is 7.12. The zero-order valence-electron chi connectivity index (χ0n) is 21.6. The molecule has 2 aliphatic rings. The number of allylic oxidation sites excluding steroid dienone is 1. The lowest BCUT2D eigenvalue weighted by Gasteiger charge is -2.18. The van der Waals surface area contributed by atoms with Crippen LogP contribution in [0.1, 0.15) is 48.8 Å². The quantitative estimate of drug-likeness (QED) is 0.488. The number of benzene rings is 1. The van der Waals surface area contributed by atoms with Gasteiger partial charge >= 0.3 is 0 Å². The minimum Gasteiger partial charge on any atom is -0.383 e. The van der Waals surface area contributed by atoms with E-state index in [-0.39, 0.29) is 29.0 Å². The Hall–Kier alpha value is -4.25. The first-order valence-corrected chi connectivity index (χ1v) is 12.0. The molecule has 11 nitrogen and oxygen atoms in total. The Morgan fingerprint density at radius 1 is 1.32 bits per heavy atom. The van der Waals surface area contributed by atoms with E-state index in [1.807, 2.05) is 33.8 Å². The Kier molecular flexibility index (Phi) is 7.25. The number of nitrogens with zero attached hydrogens (tertiary/aromatic N) is 5. The number of nitrogen functional groups attached to an aromatic ring is 1. The summed E-state index contributed by atoms with van der Waals surface area (Å²) in [5, 5.41) is 10.9. The van der Waals surface area contributed by atoms with Gasteiger partial charge in [-0.2, -0.15) is 9.78 Å². The standard InChI is InChI=1S/C26H33N9O2/c1-6-29-19-13-30-25(31-17-9-10-37-14-17)33-22(19)23(28)32-18-11-16(8-7-15(18)2)24(36)35-21(27)12-20(34-35)26(3,4)5/h6-8,11-13,17,32H,1,9-10,14,27-28H2,2-5H3,(H,31,33)/b23-22-,29-19-. The second kappa shape index (κ2) is 10.4. The van der Waals surface area contributed by atoms with Gasteiger partial charge in [0.25, 0.3) is 5.91 Å². The van der Waals surface area contributed by atoms with Gasteiger partial charge in [-0.05, 0) is 31.0 Å². The van der Waals surface area contributed by atoms with E-state index in [4.69, 9.17) is 16.2 Å². The number of rotatable bonds is 5. The smallest absolute Gasteiger partial charge is 0.280 e. The molecule has 1 aromatic heterocycles. The molecule has 2 aliphatic heterocycles. The first-order chi connectivity index (χ1) is 17.6. The fourth-order valence-corrected chi connectivity index (χ4v) is 3.81. The van der Waals surface area contributed by atoms with Crippen molar-refractivity contribution in [2.45, 2.75) is 45.6 Å². The van der Waals surface area contributed by atoms with Gasteiger partial charge in [0.1, 0.15) is 23.0 Å². The molecule has 37 heavy (non-hydrogen) atoms. The summed E-state index contributed by atoms with van der Waals surface area (Å²) < 4.78 is 6.64. The van der Waals surface area contributed by atoms with Crippen molar-refractivity contribution in [3.8, 4) is 0 Å². The third kappa shape index (κ3) is 5.78. The Balaban J connectivity index is 1.64. The highest BCUT2D eigenvalue weighted by Gasteiger charge is 2.23. The van der Waals surface area contributed by atoms with Crippen molar-refractivity contribution in [3.05, 3.63) is 65.4 Å². The van der Waals surface area contributed by atoms with Crippen molar-refractivity contribution in [2.75, 3.05) is 24.3 Å². The Bertz CT molecular complexity index is 1340. The Labute approximate surface area is 216 Å². The number of hydrogen-bond acceptors (Lipinski definition) is 10. The van der Waals surface area contributed by atoms with Gasteiger partial charge in [-0.25, -0.2) is 9.98 Å². The van der Waals surface area contributed by atoms with Gasteiger partial charge in [-0.15, -0.1) is 0 Å². The van der Waals surface area contributed by atoms with Gasteiger partial charge < -0.3 is 26.8 Å². The largest absolute Gasteiger partial charge is 0.383 e. The number of carbonyl (C=O) groups excluding carboxylic acids is 1. The summed E-state index contributed by atoms with van der Waals surface area (Å²) in [4.78, 5) is 26.4. The molecule has 1 aromatic carbocycles. The van der Waals surface area contributed by atoms with E-state index in [0.717, 1.165) is 17.7 Å². The number of guanidine groups is 1. The van der Waals surface area contributed by atoms with E-state index >= 15 is 0 Å². The van der Waals surface area contributed by atoms with Crippen LogP contribution in [0.25, 0.3) is 0 Å². The molecule has 4 rings (SSSR count). The van der Waals surface area contributed by atoms with Gasteiger partial charge in [-0.3, -0.25) is 9.79 Å². The summed E-state index contributed by atoms with van der Waals surface area (Å²) in [7, 11) is 0. The van der Waals surface area contributed by atoms with Crippen LogP contribution >= 0.6 is 0 Å². The molecule has 11 heteroatoms. The Morgan fingerprint density at radius 2 is 2.11 bits per heavy atom. The molecule has 0 saturated carbocycles. The van der Waals surface area contributed by atoms with Crippen LogP contribution in [0.5, 0.6) is 0 Å². The van der Waals surface area contributed by atoms with E-state index < -0.39 is 0 Å².